The highest BCUT2D eigenvalue weighted by Crippen LogP contribution is 2.34. The molecule has 0 aliphatic heterocycles. The fourth-order valence-electron chi connectivity index (χ4n) is 2.87. The first kappa shape index (κ1) is 15.8. The standard InChI is InChI=1S/C14H21N3O3S/c1-3-9-4-6-14(7-5-9,12(19)20)17-11(18)10-8(2)16-13(15)21-10/h9H,3-7H2,1-2H3,(H2,15,16)(H,17,18)(H,19,20). The van der Waals surface area contributed by atoms with E-state index in [4.69, 9.17) is 5.73 Å². The Kier molecular flexibility index (Phi) is 4.51. The fourth-order valence-corrected chi connectivity index (χ4v) is 3.60. The largest absolute Gasteiger partial charge is 0.480 e. The van der Waals surface area contributed by atoms with Gasteiger partial charge in [-0.25, -0.2) is 9.78 Å². The van der Waals surface area contributed by atoms with Gasteiger partial charge in [-0.05, 0) is 38.5 Å². The van der Waals surface area contributed by atoms with E-state index in [1.165, 1.54) is 0 Å². The zero-order chi connectivity index (χ0) is 15.6. The molecule has 116 valence electrons. The molecular formula is C14H21N3O3S. The van der Waals surface area contributed by atoms with Crippen molar-refractivity contribution >= 4 is 28.3 Å². The third-order valence-corrected chi connectivity index (χ3v) is 5.30. The maximum Gasteiger partial charge on any atom is 0.329 e. The number of nitrogens with two attached hydrogens (primary N) is 1. The molecule has 2 rings (SSSR count). The van der Waals surface area contributed by atoms with Crippen LogP contribution in [0.2, 0.25) is 0 Å². The van der Waals surface area contributed by atoms with Crippen LogP contribution in [0.5, 0.6) is 0 Å². The number of aryl methyl sites for hydroxylation is 1. The van der Waals surface area contributed by atoms with E-state index in [1.54, 1.807) is 6.92 Å². The monoisotopic (exact) mass is 311 g/mol. The molecule has 1 aliphatic rings. The number of carboxylic acids is 1. The number of hydrogen-bond acceptors (Lipinski definition) is 5. The van der Waals surface area contributed by atoms with Crippen molar-refractivity contribution in [3.05, 3.63) is 10.6 Å². The Morgan fingerprint density at radius 3 is 2.52 bits per heavy atom. The quantitative estimate of drug-likeness (QED) is 0.790. The summed E-state index contributed by atoms with van der Waals surface area (Å²) in [6, 6.07) is 0. The highest BCUT2D eigenvalue weighted by molar-refractivity contribution is 7.17. The first-order valence-electron chi connectivity index (χ1n) is 7.16. The number of carbonyl (C=O) groups excluding carboxylic acids is 1. The molecule has 0 radical (unpaired) electrons. The van der Waals surface area contributed by atoms with Gasteiger partial charge in [-0.1, -0.05) is 24.7 Å². The molecule has 0 unspecified atom stereocenters. The zero-order valence-corrected chi connectivity index (χ0v) is 13.1. The summed E-state index contributed by atoms with van der Waals surface area (Å²) in [5.74, 6) is -0.797. The first-order valence-corrected chi connectivity index (χ1v) is 7.98. The van der Waals surface area contributed by atoms with Crippen LogP contribution in [0.3, 0.4) is 0 Å². The van der Waals surface area contributed by atoms with Crippen molar-refractivity contribution < 1.29 is 14.7 Å². The van der Waals surface area contributed by atoms with Crippen LogP contribution in [0, 0.1) is 12.8 Å². The molecule has 0 atom stereocenters. The summed E-state index contributed by atoms with van der Waals surface area (Å²) in [6.07, 6.45) is 3.65. The maximum absolute atomic E-state index is 12.3. The van der Waals surface area contributed by atoms with Crippen molar-refractivity contribution in [3.63, 3.8) is 0 Å². The molecule has 4 N–H and O–H groups in total. The summed E-state index contributed by atoms with van der Waals surface area (Å²) in [5, 5.41) is 12.6. The molecular weight excluding hydrogens is 290 g/mol. The number of hydrogen-bond donors (Lipinski definition) is 3. The predicted octanol–water partition coefficient (Wildman–Crippen LogP) is 2.19. The number of amides is 1. The maximum atomic E-state index is 12.3. The van der Waals surface area contributed by atoms with E-state index in [-0.39, 0.29) is 5.91 Å². The van der Waals surface area contributed by atoms with Gasteiger partial charge in [0.2, 0.25) is 0 Å². The van der Waals surface area contributed by atoms with E-state index in [2.05, 4.69) is 17.2 Å². The molecule has 1 aromatic heterocycles. The average Bonchev–Trinajstić information content (AvgIpc) is 2.78. The molecule has 6 nitrogen and oxygen atoms in total. The lowest BCUT2D eigenvalue weighted by molar-refractivity contribution is -0.146. The summed E-state index contributed by atoms with van der Waals surface area (Å²) in [6.45, 7) is 3.81. The number of aromatic nitrogens is 1. The second-order valence-electron chi connectivity index (χ2n) is 5.66. The van der Waals surface area contributed by atoms with Crippen LogP contribution in [0.1, 0.15) is 54.4 Å². The minimum absolute atomic E-state index is 0.316. The van der Waals surface area contributed by atoms with Crippen LogP contribution in [0.15, 0.2) is 0 Å². The van der Waals surface area contributed by atoms with Crippen LogP contribution >= 0.6 is 11.3 Å². The van der Waals surface area contributed by atoms with Gasteiger partial charge in [0.15, 0.2) is 5.13 Å². The first-order chi connectivity index (χ1) is 9.88. The lowest BCUT2D eigenvalue weighted by Gasteiger charge is -2.37. The Morgan fingerprint density at radius 2 is 2.10 bits per heavy atom. The smallest absolute Gasteiger partial charge is 0.329 e. The van der Waals surface area contributed by atoms with E-state index in [0.29, 0.717) is 34.5 Å². The van der Waals surface area contributed by atoms with Gasteiger partial charge in [-0.2, -0.15) is 0 Å². The van der Waals surface area contributed by atoms with Crippen molar-refractivity contribution in [1.82, 2.24) is 10.3 Å². The van der Waals surface area contributed by atoms with Crippen molar-refractivity contribution in [1.29, 1.82) is 0 Å². The number of carbonyl (C=O) groups is 2. The lowest BCUT2D eigenvalue weighted by atomic mass is 9.75. The topological polar surface area (TPSA) is 105 Å². The average molecular weight is 311 g/mol. The number of thiazole rings is 1. The molecule has 21 heavy (non-hydrogen) atoms. The number of aliphatic carboxylic acids is 1. The molecule has 0 bridgehead atoms. The molecule has 7 heteroatoms. The van der Waals surface area contributed by atoms with Crippen LogP contribution in [-0.2, 0) is 4.79 Å². The number of carboxylic acid groups (broad SMARTS) is 1. The van der Waals surface area contributed by atoms with Crippen molar-refractivity contribution in [2.75, 3.05) is 5.73 Å². The summed E-state index contributed by atoms with van der Waals surface area (Å²) in [7, 11) is 0. The molecule has 1 aromatic rings. The summed E-state index contributed by atoms with van der Waals surface area (Å²) < 4.78 is 0. The second kappa shape index (κ2) is 6.01. The summed E-state index contributed by atoms with van der Waals surface area (Å²) in [4.78, 5) is 28.4. The minimum atomic E-state index is -1.16. The highest BCUT2D eigenvalue weighted by atomic mass is 32.1. The number of nitrogens with zero attached hydrogens (tertiary/aromatic N) is 1. The fraction of sp³-hybridized carbons (Fsp3) is 0.643. The zero-order valence-electron chi connectivity index (χ0n) is 12.3. The van der Waals surface area contributed by atoms with Crippen molar-refractivity contribution in [3.8, 4) is 0 Å². The molecule has 1 fully saturated rings. The van der Waals surface area contributed by atoms with E-state index >= 15 is 0 Å². The van der Waals surface area contributed by atoms with Gasteiger partial charge in [-0.15, -0.1) is 0 Å². The summed E-state index contributed by atoms with van der Waals surface area (Å²) in [5.41, 5.74) is 4.97. The van der Waals surface area contributed by atoms with E-state index in [1.807, 2.05) is 0 Å². The van der Waals surface area contributed by atoms with Gasteiger partial charge in [0, 0.05) is 0 Å². The van der Waals surface area contributed by atoms with E-state index in [9.17, 15) is 14.7 Å². The van der Waals surface area contributed by atoms with Gasteiger partial charge in [0.1, 0.15) is 10.4 Å². The van der Waals surface area contributed by atoms with Crippen LogP contribution in [-0.4, -0.2) is 27.5 Å². The van der Waals surface area contributed by atoms with E-state index < -0.39 is 11.5 Å². The second-order valence-corrected chi connectivity index (χ2v) is 6.69. The lowest BCUT2D eigenvalue weighted by Crippen LogP contribution is -2.56. The Labute approximate surface area is 127 Å². The van der Waals surface area contributed by atoms with Crippen LogP contribution in [0.4, 0.5) is 5.13 Å². The van der Waals surface area contributed by atoms with Gasteiger partial charge in [0.05, 0.1) is 5.69 Å². The molecule has 1 aliphatic carbocycles. The van der Waals surface area contributed by atoms with Crippen molar-refractivity contribution in [2.45, 2.75) is 51.5 Å². The van der Waals surface area contributed by atoms with Gasteiger partial charge >= 0.3 is 5.97 Å². The van der Waals surface area contributed by atoms with Gasteiger partial charge in [-0.3, -0.25) is 4.79 Å². The number of rotatable bonds is 4. The van der Waals surface area contributed by atoms with Crippen molar-refractivity contribution in [2.24, 2.45) is 5.92 Å². The molecule has 0 spiro atoms. The third kappa shape index (κ3) is 3.18. The third-order valence-electron chi connectivity index (χ3n) is 4.32. The SMILES string of the molecule is CCC1CCC(NC(=O)c2sc(N)nc2C)(C(=O)O)CC1. The van der Waals surface area contributed by atoms with Gasteiger partial charge < -0.3 is 16.2 Å². The Bertz CT molecular complexity index is 548. The van der Waals surface area contributed by atoms with Gasteiger partial charge in [0.25, 0.3) is 5.91 Å². The molecule has 1 heterocycles. The Morgan fingerprint density at radius 1 is 1.48 bits per heavy atom. The molecule has 1 saturated carbocycles. The summed E-state index contributed by atoms with van der Waals surface area (Å²) >= 11 is 1.09. The Balaban J connectivity index is 2.16. The molecule has 0 saturated heterocycles. The van der Waals surface area contributed by atoms with Crippen LogP contribution in [0.25, 0.3) is 0 Å². The number of anilines is 1. The molecule has 1 amide bonds. The van der Waals surface area contributed by atoms with Crippen LogP contribution < -0.4 is 11.1 Å². The van der Waals surface area contributed by atoms with E-state index in [0.717, 1.165) is 30.6 Å². The predicted molar refractivity (Wildman–Crippen MR) is 81.3 cm³/mol. The normalized spacial score (nSPS) is 25.5. The highest BCUT2D eigenvalue weighted by Gasteiger charge is 2.43. The number of nitrogen functional groups attached to an aromatic ring is 1. The number of nitrogens with one attached hydrogen (secondary N) is 1. The minimum Gasteiger partial charge on any atom is -0.480 e. The molecule has 0 aromatic carbocycles. The Hall–Kier alpha value is -1.63.